The molecule has 5 heteroatoms. The molecule has 1 aliphatic rings. The topological polar surface area (TPSA) is 62.4 Å². The molecule has 17 heavy (non-hydrogen) atoms. The van der Waals surface area contributed by atoms with Crippen molar-refractivity contribution in [3.63, 3.8) is 0 Å². The fourth-order valence-corrected chi connectivity index (χ4v) is 2.10. The molecule has 0 amide bonds. The molecule has 92 valence electrons. The van der Waals surface area contributed by atoms with E-state index in [9.17, 15) is 9.59 Å². The number of likely N-dealkylation sites (N-methyl/N-ethyl adjacent to an activating group) is 1. The highest BCUT2D eigenvalue weighted by Crippen LogP contribution is 2.16. The van der Waals surface area contributed by atoms with Crippen molar-refractivity contribution in [1.29, 1.82) is 0 Å². The molecule has 1 N–H and O–H groups in total. The average molecular weight is 236 g/mol. The van der Waals surface area contributed by atoms with E-state index in [0.29, 0.717) is 0 Å². The van der Waals surface area contributed by atoms with Crippen molar-refractivity contribution in [2.45, 2.75) is 19.9 Å². The average Bonchev–Trinajstić information content (AvgIpc) is 2.36. The molecule has 1 aliphatic heterocycles. The zero-order chi connectivity index (χ0) is 12.4. The van der Waals surface area contributed by atoms with Crippen LogP contribution in [0.2, 0.25) is 0 Å². The summed E-state index contributed by atoms with van der Waals surface area (Å²) in [6.45, 7) is 4.77. The summed E-state index contributed by atoms with van der Waals surface area (Å²) in [6.07, 6.45) is 0.819. The minimum Gasteiger partial charge on any atom is -0.465 e. The number of carbonyl (C=O) groups excluding carboxylic acids is 1. The molecule has 0 aromatic carbocycles. The number of aromatic nitrogens is 1. The van der Waals surface area contributed by atoms with Crippen LogP contribution in [0, 0.1) is 0 Å². The standard InChI is InChI=1S/C12H16N2O3/c1-3-14-5-4-10-8(7-14)6-9(11(15)13-10)12(16)17-2/h6H,3-5,7H2,1-2H3,(H,13,15). The minimum absolute atomic E-state index is 0.0872. The first-order valence-corrected chi connectivity index (χ1v) is 5.71. The van der Waals surface area contributed by atoms with Gasteiger partial charge >= 0.3 is 5.97 Å². The molecule has 0 atom stereocenters. The van der Waals surface area contributed by atoms with E-state index in [1.807, 2.05) is 0 Å². The van der Waals surface area contributed by atoms with Gasteiger partial charge in [0.25, 0.3) is 5.56 Å². The molecule has 0 saturated carbocycles. The number of esters is 1. The second-order valence-corrected chi connectivity index (χ2v) is 4.13. The smallest absolute Gasteiger partial charge is 0.343 e. The van der Waals surface area contributed by atoms with Gasteiger partial charge < -0.3 is 9.72 Å². The lowest BCUT2D eigenvalue weighted by atomic mass is 10.0. The third kappa shape index (κ3) is 2.24. The Hall–Kier alpha value is -1.62. The SMILES string of the molecule is CCN1CCc2[nH]c(=O)c(C(=O)OC)cc2C1. The maximum absolute atomic E-state index is 11.7. The van der Waals surface area contributed by atoms with Crippen LogP contribution in [0.4, 0.5) is 0 Å². The van der Waals surface area contributed by atoms with Gasteiger partial charge in [0.1, 0.15) is 5.56 Å². The van der Waals surface area contributed by atoms with Gasteiger partial charge in [0, 0.05) is 25.2 Å². The van der Waals surface area contributed by atoms with Crippen molar-refractivity contribution in [2.75, 3.05) is 20.2 Å². The fourth-order valence-electron chi connectivity index (χ4n) is 2.10. The molecule has 2 heterocycles. The Labute approximate surface area is 99.4 Å². The molecule has 0 unspecified atom stereocenters. The first kappa shape index (κ1) is 11.9. The molecule has 0 saturated heterocycles. The molecule has 0 aliphatic carbocycles. The van der Waals surface area contributed by atoms with Crippen LogP contribution < -0.4 is 5.56 Å². The highest BCUT2D eigenvalue weighted by molar-refractivity contribution is 5.89. The normalized spacial score (nSPS) is 15.4. The summed E-state index contributed by atoms with van der Waals surface area (Å²) in [5, 5.41) is 0. The zero-order valence-corrected chi connectivity index (χ0v) is 10.1. The summed E-state index contributed by atoms with van der Waals surface area (Å²) in [5.41, 5.74) is 1.68. The second kappa shape index (κ2) is 4.71. The Kier molecular flexibility index (Phi) is 3.28. The number of nitrogens with zero attached hydrogens (tertiary/aromatic N) is 1. The van der Waals surface area contributed by atoms with Crippen LogP contribution in [0.25, 0.3) is 0 Å². The van der Waals surface area contributed by atoms with Crippen molar-refractivity contribution >= 4 is 5.97 Å². The Balaban J connectivity index is 2.41. The summed E-state index contributed by atoms with van der Waals surface area (Å²) >= 11 is 0. The number of methoxy groups -OCH3 is 1. The van der Waals surface area contributed by atoms with E-state index in [0.717, 1.165) is 37.3 Å². The van der Waals surface area contributed by atoms with E-state index in [1.54, 1.807) is 6.07 Å². The van der Waals surface area contributed by atoms with Crippen LogP contribution in [-0.4, -0.2) is 36.1 Å². The lowest BCUT2D eigenvalue weighted by Crippen LogP contribution is -2.33. The number of ether oxygens (including phenoxy) is 1. The van der Waals surface area contributed by atoms with Crippen LogP contribution in [0.1, 0.15) is 28.5 Å². The van der Waals surface area contributed by atoms with Crippen molar-refractivity contribution in [1.82, 2.24) is 9.88 Å². The summed E-state index contributed by atoms with van der Waals surface area (Å²) in [7, 11) is 1.28. The van der Waals surface area contributed by atoms with Gasteiger partial charge in [-0.15, -0.1) is 0 Å². The monoisotopic (exact) mass is 236 g/mol. The van der Waals surface area contributed by atoms with Gasteiger partial charge in [-0.05, 0) is 18.2 Å². The number of H-pyrrole nitrogens is 1. The predicted molar refractivity (Wildman–Crippen MR) is 63.1 cm³/mol. The van der Waals surface area contributed by atoms with Crippen molar-refractivity contribution in [2.24, 2.45) is 0 Å². The van der Waals surface area contributed by atoms with Crippen LogP contribution in [0.3, 0.4) is 0 Å². The molecule has 0 fully saturated rings. The largest absolute Gasteiger partial charge is 0.465 e. The highest BCUT2D eigenvalue weighted by Gasteiger charge is 2.20. The summed E-state index contributed by atoms with van der Waals surface area (Å²) in [6, 6.07) is 1.65. The van der Waals surface area contributed by atoms with E-state index in [2.05, 4.69) is 21.5 Å². The van der Waals surface area contributed by atoms with Gasteiger partial charge in [0.05, 0.1) is 7.11 Å². The second-order valence-electron chi connectivity index (χ2n) is 4.13. The van der Waals surface area contributed by atoms with E-state index < -0.39 is 5.97 Å². The maximum atomic E-state index is 11.7. The van der Waals surface area contributed by atoms with Crippen LogP contribution >= 0.6 is 0 Å². The van der Waals surface area contributed by atoms with Gasteiger partial charge in [-0.3, -0.25) is 9.69 Å². The predicted octanol–water partition coefficient (Wildman–Crippen LogP) is 0.539. The minimum atomic E-state index is -0.581. The number of pyridine rings is 1. The number of fused-ring (bicyclic) bond motifs is 1. The molecule has 2 rings (SSSR count). The summed E-state index contributed by atoms with van der Waals surface area (Å²) in [4.78, 5) is 28.1. The highest BCUT2D eigenvalue weighted by atomic mass is 16.5. The van der Waals surface area contributed by atoms with Crippen molar-refractivity contribution in [3.05, 3.63) is 33.2 Å². The van der Waals surface area contributed by atoms with Crippen molar-refractivity contribution in [3.8, 4) is 0 Å². The molecule has 0 radical (unpaired) electrons. The number of rotatable bonds is 2. The Morgan fingerprint density at radius 1 is 1.59 bits per heavy atom. The van der Waals surface area contributed by atoms with Gasteiger partial charge in [-0.25, -0.2) is 4.79 Å². The zero-order valence-electron chi connectivity index (χ0n) is 10.1. The third-order valence-corrected chi connectivity index (χ3v) is 3.14. The molecule has 5 nitrogen and oxygen atoms in total. The molecular formula is C12H16N2O3. The van der Waals surface area contributed by atoms with Crippen LogP contribution in [0.15, 0.2) is 10.9 Å². The first-order valence-electron chi connectivity index (χ1n) is 5.71. The van der Waals surface area contributed by atoms with E-state index in [1.165, 1.54) is 7.11 Å². The number of nitrogens with one attached hydrogen (secondary N) is 1. The van der Waals surface area contributed by atoms with Gasteiger partial charge in [-0.1, -0.05) is 6.92 Å². The van der Waals surface area contributed by atoms with E-state index in [4.69, 9.17) is 0 Å². The summed E-state index contributed by atoms with van der Waals surface area (Å²) < 4.78 is 4.59. The maximum Gasteiger partial charge on any atom is 0.343 e. The lowest BCUT2D eigenvalue weighted by Gasteiger charge is -2.27. The summed E-state index contributed by atoms with van der Waals surface area (Å²) in [5.74, 6) is -0.581. The Morgan fingerprint density at radius 3 is 3.00 bits per heavy atom. The first-order chi connectivity index (χ1) is 8.15. The number of aromatic amines is 1. The third-order valence-electron chi connectivity index (χ3n) is 3.14. The van der Waals surface area contributed by atoms with E-state index in [-0.39, 0.29) is 11.1 Å². The molecule has 0 spiro atoms. The van der Waals surface area contributed by atoms with Gasteiger partial charge in [0.15, 0.2) is 0 Å². The Morgan fingerprint density at radius 2 is 2.35 bits per heavy atom. The van der Waals surface area contributed by atoms with Crippen LogP contribution in [-0.2, 0) is 17.7 Å². The molecule has 0 bridgehead atoms. The van der Waals surface area contributed by atoms with Crippen LogP contribution in [0.5, 0.6) is 0 Å². The van der Waals surface area contributed by atoms with Gasteiger partial charge in [0.2, 0.25) is 0 Å². The number of carbonyl (C=O) groups is 1. The lowest BCUT2D eigenvalue weighted by molar-refractivity contribution is 0.0598. The quantitative estimate of drug-likeness (QED) is 0.761. The fraction of sp³-hybridized carbons (Fsp3) is 0.500. The molecule has 1 aromatic heterocycles. The van der Waals surface area contributed by atoms with Crippen molar-refractivity contribution < 1.29 is 9.53 Å². The molecule has 1 aromatic rings. The number of hydrogen-bond donors (Lipinski definition) is 1. The van der Waals surface area contributed by atoms with E-state index >= 15 is 0 Å². The Bertz CT molecular complexity index is 493. The number of hydrogen-bond acceptors (Lipinski definition) is 4. The van der Waals surface area contributed by atoms with Gasteiger partial charge in [-0.2, -0.15) is 0 Å². The molecular weight excluding hydrogens is 220 g/mol.